The third kappa shape index (κ3) is 4.24. The van der Waals surface area contributed by atoms with Crippen LogP contribution >= 0.6 is 0 Å². The van der Waals surface area contributed by atoms with E-state index in [1.165, 1.54) is 0 Å². The van der Waals surface area contributed by atoms with Crippen LogP contribution in [0.25, 0.3) is 11.3 Å². The van der Waals surface area contributed by atoms with Gasteiger partial charge < -0.3 is 14.7 Å². The van der Waals surface area contributed by atoms with Gasteiger partial charge in [0.25, 0.3) is 5.91 Å². The van der Waals surface area contributed by atoms with Crippen LogP contribution in [0.3, 0.4) is 0 Å². The van der Waals surface area contributed by atoms with Crippen LogP contribution in [0.15, 0.2) is 71.3 Å². The summed E-state index contributed by atoms with van der Waals surface area (Å²) in [7, 11) is 0. The van der Waals surface area contributed by atoms with Crippen molar-refractivity contribution in [2.24, 2.45) is 0 Å². The summed E-state index contributed by atoms with van der Waals surface area (Å²) in [6.07, 6.45) is 1.61. The Hall–Kier alpha value is -3.41. The minimum Gasteiger partial charge on any atom is -0.361 e. The molecule has 6 nitrogen and oxygen atoms in total. The van der Waals surface area contributed by atoms with Crippen LogP contribution < -0.4 is 5.32 Å². The molecule has 2 amide bonds. The molecule has 1 aliphatic rings. The van der Waals surface area contributed by atoms with Crippen molar-refractivity contribution in [2.45, 2.75) is 44.7 Å². The third-order valence-electron chi connectivity index (χ3n) is 5.69. The number of likely N-dealkylation sites (tertiary alicyclic amines) is 1. The van der Waals surface area contributed by atoms with Crippen molar-refractivity contribution in [3.05, 3.63) is 78.1 Å². The number of hydrogen-bond acceptors (Lipinski definition) is 4. The lowest BCUT2D eigenvalue weighted by Gasteiger charge is -2.37. The summed E-state index contributed by atoms with van der Waals surface area (Å²) in [5.74, 6) is 0.298. The van der Waals surface area contributed by atoms with Crippen molar-refractivity contribution in [1.29, 1.82) is 0 Å². The maximum absolute atomic E-state index is 13.4. The smallest absolute Gasteiger partial charge is 0.254 e. The molecular weight excluding hydrogens is 390 g/mol. The summed E-state index contributed by atoms with van der Waals surface area (Å²) in [5, 5.41) is 7.22. The Labute approximate surface area is 182 Å². The van der Waals surface area contributed by atoms with E-state index in [4.69, 9.17) is 4.52 Å². The van der Waals surface area contributed by atoms with Gasteiger partial charge in [-0.15, -0.1) is 0 Å². The number of nitrogens with zero attached hydrogens (tertiary/aromatic N) is 2. The Morgan fingerprint density at radius 1 is 1.10 bits per heavy atom. The van der Waals surface area contributed by atoms with Crippen LogP contribution in [0, 0.1) is 0 Å². The fourth-order valence-corrected chi connectivity index (χ4v) is 4.24. The number of carbonyl (C=O) groups excluding carboxylic acids is 2. The molecule has 1 N–H and O–H groups in total. The fraction of sp³-hybridized carbons (Fsp3) is 0.320. The van der Waals surface area contributed by atoms with Gasteiger partial charge in [-0.2, -0.15) is 0 Å². The fourth-order valence-electron chi connectivity index (χ4n) is 4.24. The van der Waals surface area contributed by atoms with E-state index in [1.54, 1.807) is 17.0 Å². The summed E-state index contributed by atoms with van der Waals surface area (Å²) in [4.78, 5) is 28.5. The van der Waals surface area contributed by atoms with Crippen LogP contribution in [-0.4, -0.2) is 40.0 Å². The van der Waals surface area contributed by atoms with E-state index in [2.05, 4.69) is 10.5 Å². The van der Waals surface area contributed by atoms with Crippen LogP contribution in [0.4, 0.5) is 0 Å². The molecule has 1 aromatic heterocycles. The molecule has 0 bridgehead atoms. The van der Waals surface area contributed by atoms with Crippen molar-refractivity contribution in [3.63, 3.8) is 0 Å². The lowest BCUT2D eigenvalue weighted by molar-refractivity contribution is -0.131. The van der Waals surface area contributed by atoms with Gasteiger partial charge in [-0.05, 0) is 38.8 Å². The summed E-state index contributed by atoms with van der Waals surface area (Å²) in [6.45, 7) is 4.37. The Kier molecular flexibility index (Phi) is 5.89. The van der Waals surface area contributed by atoms with Crippen molar-refractivity contribution < 1.29 is 14.1 Å². The average molecular weight is 418 g/mol. The average Bonchev–Trinajstić information content (AvgIpc) is 3.42. The second-order valence-corrected chi connectivity index (χ2v) is 8.31. The van der Waals surface area contributed by atoms with E-state index in [0.29, 0.717) is 30.0 Å². The molecular formula is C25H27N3O3. The highest BCUT2D eigenvalue weighted by Crippen LogP contribution is 2.35. The number of carbonyl (C=O) groups is 2. The highest BCUT2D eigenvalue weighted by molar-refractivity contribution is 6.00. The van der Waals surface area contributed by atoms with Crippen LogP contribution in [0.5, 0.6) is 0 Å². The van der Waals surface area contributed by atoms with E-state index in [1.807, 2.05) is 68.4 Å². The lowest BCUT2D eigenvalue weighted by Crippen LogP contribution is -2.59. The molecule has 0 unspecified atom stereocenters. The molecule has 1 saturated heterocycles. The predicted octanol–water partition coefficient (Wildman–Crippen LogP) is 4.08. The highest BCUT2D eigenvalue weighted by atomic mass is 16.5. The zero-order chi connectivity index (χ0) is 21.8. The molecule has 160 valence electrons. The monoisotopic (exact) mass is 417 g/mol. The number of aromatic nitrogens is 1. The van der Waals surface area contributed by atoms with E-state index >= 15 is 0 Å². The zero-order valence-corrected chi connectivity index (χ0v) is 17.9. The van der Waals surface area contributed by atoms with Gasteiger partial charge >= 0.3 is 0 Å². The molecule has 6 heteroatoms. The second-order valence-electron chi connectivity index (χ2n) is 8.31. The summed E-state index contributed by atoms with van der Waals surface area (Å²) >= 11 is 0. The molecule has 31 heavy (non-hydrogen) atoms. The van der Waals surface area contributed by atoms with Gasteiger partial charge in [-0.3, -0.25) is 9.59 Å². The topological polar surface area (TPSA) is 75.4 Å². The van der Waals surface area contributed by atoms with Crippen LogP contribution in [0.1, 0.15) is 42.8 Å². The maximum Gasteiger partial charge on any atom is 0.254 e. The first-order valence-corrected chi connectivity index (χ1v) is 10.7. The summed E-state index contributed by atoms with van der Waals surface area (Å²) < 4.78 is 5.63. The van der Waals surface area contributed by atoms with Crippen LogP contribution in [0.2, 0.25) is 0 Å². The Balaban J connectivity index is 1.68. The van der Waals surface area contributed by atoms with Gasteiger partial charge in [0.05, 0.1) is 0 Å². The Bertz CT molecular complexity index is 1050. The number of nitrogens with one attached hydrogen (secondary N) is 1. The third-order valence-corrected chi connectivity index (χ3v) is 5.69. The molecule has 0 aliphatic carbocycles. The molecule has 4 rings (SSSR count). The normalized spacial score (nSPS) is 18.4. The SMILES string of the molecule is CC(C)NC(=O)[C@]1(Cc2cc(-c3ccccc3)no2)CCCN1C(=O)c1ccccc1. The largest absolute Gasteiger partial charge is 0.361 e. The van der Waals surface area contributed by atoms with E-state index in [9.17, 15) is 9.59 Å². The first kappa shape index (κ1) is 20.8. The Morgan fingerprint density at radius 3 is 2.45 bits per heavy atom. The number of amides is 2. The van der Waals surface area contributed by atoms with Crippen LogP contribution in [-0.2, 0) is 11.2 Å². The maximum atomic E-state index is 13.4. The number of rotatable bonds is 6. The van der Waals surface area contributed by atoms with Crippen molar-refractivity contribution >= 4 is 11.8 Å². The van der Waals surface area contributed by atoms with Crippen molar-refractivity contribution in [2.75, 3.05) is 6.54 Å². The quantitative estimate of drug-likeness (QED) is 0.656. The summed E-state index contributed by atoms with van der Waals surface area (Å²) in [5.41, 5.74) is 1.23. The highest BCUT2D eigenvalue weighted by Gasteiger charge is 2.50. The summed E-state index contributed by atoms with van der Waals surface area (Å²) in [6, 6.07) is 20.7. The van der Waals surface area contributed by atoms with Gasteiger partial charge in [0, 0.05) is 36.2 Å². The van der Waals surface area contributed by atoms with Gasteiger partial charge in [0.1, 0.15) is 17.0 Å². The van der Waals surface area contributed by atoms with Crippen molar-refractivity contribution in [1.82, 2.24) is 15.4 Å². The second kappa shape index (κ2) is 8.76. The molecule has 0 spiro atoms. The molecule has 2 heterocycles. The van der Waals surface area contributed by atoms with Gasteiger partial charge in [0.15, 0.2) is 0 Å². The predicted molar refractivity (Wildman–Crippen MR) is 118 cm³/mol. The lowest BCUT2D eigenvalue weighted by atomic mass is 9.88. The van der Waals surface area contributed by atoms with E-state index in [0.717, 1.165) is 12.0 Å². The van der Waals surface area contributed by atoms with Crippen molar-refractivity contribution in [3.8, 4) is 11.3 Å². The molecule has 1 aliphatic heterocycles. The minimum atomic E-state index is -1.01. The first-order chi connectivity index (χ1) is 15.0. The number of hydrogen-bond donors (Lipinski definition) is 1. The number of benzene rings is 2. The molecule has 1 atom stereocenters. The first-order valence-electron chi connectivity index (χ1n) is 10.7. The molecule has 3 aromatic rings. The Morgan fingerprint density at radius 2 is 1.77 bits per heavy atom. The molecule has 2 aromatic carbocycles. The standard InChI is InChI=1S/C25H27N3O3/c1-18(2)26-24(30)25(14-9-15-28(25)23(29)20-12-7-4-8-13-20)17-21-16-22(27-31-21)19-10-5-3-6-11-19/h3-8,10-13,16,18H,9,14-15,17H2,1-2H3,(H,26,30)/t25-/m1/s1. The van der Waals surface area contributed by atoms with E-state index in [-0.39, 0.29) is 24.3 Å². The minimum absolute atomic E-state index is 0.0340. The van der Waals surface area contributed by atoms with E-state index < -0.39 is 5.54 Å². The van der Waals surface area contributed by atoms with Gasteiger partial charge in [-0.1, -0.05) is 53.7 Å². The molecule has 1 fully saturated rings. The molecule has 0 saturated carbocycles. The van der Waals surface area contributed by atoms with Gasteiger partial charge in [0.2, 0.25) is 5.91 Å². The van der Waals surface area contributed by atoms with Gasteiger partial charge in [-0.25, -0.2) is 0 Å². The zero-order valence-electron chi connectivity index (χ0n) is 17.9. The molecule has 0 radical (unpaired) electrons.